The monoisotopic (exact) mass is 498 g/mol. The van der Waals surface area contributed by atoms with Gasteiger partial charge >= 0.3 is 0 Å². The van der Waals surface area contributed by atoms with E-state index >= 15 is 0 Å². The third kappa shape index (κ3) is 4.32. The Kier molecular flexibility index (Phi) is 6.22. The van der Waals surface area contributed by atoms with Crippen LogP contribution >= 0.6 is 11.6 Å². The number of aliphatic imine (C=N–C) groups is 1. The van der Waals surface area contributed by atoms with Crippen LogP contribution in [0.15, 0.2) is 77.9 Å². The van der Waals surface area contributed by atoms with E-state index in [1.54, 1.807) is 36.5 Å². The van der Waals surface area contributed by atoms with Crippen molar-refractivity contribution in [2.24, 2.45) is 4.99 Å². The van der Waals surface area contributed by atoms with Gasteiger partial charge in [-0.05, 0) is 53.7 Å². The standard InChI is InChI=1S/C25H16ClFN8.CH4/c26-16-7-10-18-20(11-16)23(19-3-1-2-4-21(19)27)28-12-15-13-29-25(31-22(15)18)30-17-8-5-14(6-9-17)24-32-34-35-33-24;/h1-11,13H,12H2,(H,29,30,31)(H,32,33,34,35);1H4. The van der Waals surface area contributed by atoms with Crippen LogP contribution in [0.3, 0.4) is 0 Å². The van der Waals surface area contributed by atoms with E-state index in [-0.39, 0.29) is 13.2 Å². The van der Waals surface area contributed by atoms with E-state index in [4.69, 9.17) is 21.6 Å². The molecular weight excluding hydrogens is 479 g/mol. The Bertz CT molecular complexity index is 1570. The van der Waals surface area contributed by atoms with Gasteiger partial charge in [-0.3, -0.25) is 4.99 Å². The number of nitrogens with one attached hydrogen (secondary N) is 2. The summed E-state index contributed by atoms with van der Waals surface area (Å²) < 4.78 is 14.7. The van der Waals surface area contributed by atoms with E-state index in [1.807, 2.05) is 30.3 Å². The minimum atomic E-state index is -0.346. The van der Waals surface area contributed by atoms with E-state index in [0.717, 1.165) is 27.9 Å². The smallest absolute Gasteiger partial charge is 0.227 e. The number of tetrazole rings is 1. The van der Waals surface area contributed by atoms with E-state index in [9.17, 15) is 4.39 Å². The van der Waals surface area contributed by atoms with Crippen molar-refractivity contribution in [3.8, 4) is 22.6 Å². The number of aromatic amines is 1. The summed E-state index contributed by atoms with van der Waals surface area (Å²) in [6, 6.07) is 19.6. The number of halogens is 2. The van der Waals surface area contributed by atoms with Gasteiger partial charge in [-0.25, -0.2) is 14.4 Å². The highest BCUT2D eigenvalue weighted by molar-refractivity contribution is 6.31. The lowest BCUT2D eigenvalue weighted by Crippen LogP contribution is -2.07. The number of hydrogen-bond acceptors (Lipinski definition) is 7. The highest BCUT2D eigenvalue weighted by atomic mass is 35.5. The second-order valence-corrected chi connectivity index (χ2v) is 8.28. The Morgan fingerprint density at radius 1 is 0.944 bits per heavy atom. The molecule has 0 unspecified atom stereocenters. The fraction of sp³-hybridized carbons (Fsp3) is 0.0769. The fourth-order valence-corrected chi connectivity index (χ4v) is 4.16. The fourth-order valence-electron chi connectivity index (χ4n) is 3.98. The summed E-state index contributed by atoms with van der Waals surface area (Å²) in [7, 11) is 0. The Balaban J connectivity index is 0.00000267. The molecule has 3 heterocycles. The number of rotatable bonds is 4. The summed E-state index contributed by atoms with van der Waals surface area (Å²) >= 11 is 6.33. The molecule has 2 aromatic heterocycles. The van der Waals surface area contributed by atoms with Gasteiger partial charge in [-0.2, -0.15) is 5.21 Å². The lowest BCUT2D eigenvalue weighted by atomic mass is 9.95. The van der Waals surface area contributed by atoms with Crippen molar-refractivity contribution in [1.82, 2.24) is 30.6 Å². The highest BCUT2D eigenvalue weighted by Gasteiger charge is 2.23. The molecule has 0 radical (unpaired) electrons. The zero-order chi connectivity index (χ0) is 23.8. The number of fused-ring (bicyclic) bond motifs is 3. The molecule has 0 saturated heterocycles. The van der Waals surface area contributed by atoms with Crippen molar-refractivity contribution in [3.05, 3.63) is 100 Å². The lowest BCUT2D eigenvalue weighted by molar-refractivity contribution is 0.625. The van der Waals surface area contributed by atoms with Crippen LogP contribution in [-0.4, -0.2) is 36.3 Å². The SMILES string of the molecule is C.Fc1ccccc1C1=NCc2cnc(Nc3ccc(-c4nn[nH]n4)cc3)nc2-c2ccc(Cl)cc21. The summed E-state index contributed by atoms with van der Waals surface area (Å²) in [5.41, 5.74) is 5.64. The quantitative estimate of drug-likeness (QED) is 0.322. The van der Waals surface area contributed by atoms with Crippen LogP contribution in [0, 0.1) is 5.82 Å². The maximum atomic E-state index is 14.7. The number of benzene rings is 3. The van der Waals surface area contributed by atoms with Gasteiger partial charge in [0.05, 0.1) is 18.0 Å². The number of anilines is 2. The molecule has 0 saturated carbocycles. The van der Waals surface area contributed by atoms with Gasteiger partial charge in [0.15, 0.2) is 0 Å². The Morgan fingerprint density at radius 3 is 2.56 bits per heavy atom. The van der Waals surface area contributed by atoms with Crippen molar-refractivity contribution in [3.63, 3.8) is 0 Å². The van der Waals surface area contributed by atoms with E-state index in [2.05, 4.69) is 30.9 Å². The van der Waals surface area contributed by atoms with E-state index < -0.39 is 0 Å². The molecule has 0 amide bonds. The molecule has 36 heavy (non-hydrogen) atoms. The summed E-state index contributed by atoms with van der Waals surface area (Å²) in [5, 5.41) is 17.7. The van der Waals surface area contributed by atoms with Gasteiger partial charge in [0.1, 0.15) is 5.82 Å². The van der Waals surface area contributed by atoms with Crippen molar-refractivity contribution >= 4 is 28.9 Å². The molecule has 0 aliphatic carbocycles. The minimum Gasteiger partial charge on any atom is -0.324 e. The minimum absolute atomic E-state index is 0. The molecule has 6 rings (SSSR count). The van der Waals surface area contributed by atoms with E-state index in [1.165, 1.54) is 6.07 Å². The third-order valence-corrected chi connectivity index (χ3v) is 5.87. The summed E-state index contributed by atoms with van der Waals surface area (Å²) in [6.07, 6.45) is 1.74. The molecule has 0 spiro atoms. The molecule has 1 aliphatic rings. The lowest BCUT2D eigenvalue weighted by Gasteiger charge is -2.13. The van der Waals surface area contributed by atoms with Crippen LogP contribution in [0.1, 0.15) is 24.1 Å². The molecule has 10 heteroatoms. The Morgan fingerprint density at radius 2 is 1.78 bits per heavy atom. The molecule has 0 atom stereocenters. The van der Waals surface area contributed by atoms with Crippen molar-refractivity contribution in [1.29, 1.82) is 0 Å². The third-order valence-electron chi connectivity index (χ3n) is 5.64. The zero-order valence-electron chi connectivity index (χ0n) is 18.1. The largest absolute Gasteiger partial charge is 0.324 e. The van der Waals surface area contributed by atoms with Gasteiger partial charge < -0.3 is 5.32 Å². The highest BCUT2D eigenvalue weighted by Crippen LogP contribution is 2.34. The maximum absolute atomic E-state index is 14.7. The van der Waals surface area contributed by atoms with Crippen molar-refractivity contribution in [2.75, 3.05) is 5.32 Å². The van der Waals surface area contributed by atoms with Gasteiger partial charge in [-0.1, -0.05) is 37.2 Å². The Hall–Kier alpha value is -4.50. The average molecular weight is 499 g/mol. The molecule has 0 bridgehead atoms. The average Bonchev–Trinajstić information content (AvgIpc) is 3.37. The molecule has 2 N–H and O–H groups in total. The van der Waals surface area contributed by atoms with Gasteiger partial charge in [-0.15, -0.1) is 10.2 Å². The van der Waals surface area contributed by atoms with Crippen LogP contribution in [0.4, 0.5) is 16.0 Å². The molecule has 8 nitrogen and oxygen atoms in total. The number of H-pyrrole nitrogens is 1. The predicted molar refractivity (Wildman–Crippen MR) is 138 cm³/mol. The molecular formula is C26H20ClFN8. The number of aromatic nitrogens is 6. The van der Waals surface area contributed by atoms with Crippen molar-refractivity contribution < 1.29 is 4.39 Å². The topological polar surface area (TPSA) is 105 Å². The summed E-state index contributed by atoms with van der Waals surface area (Å²) in [4.78, 5) is 14.0. The van der Waals surface area contributed by atoms with Gasteiger partial charge in [0.2, 0.25) is 11.8 Å². The molecule has 0 fully saturated rings. The van der Waals surface area contributed by atoms with Crippen LogP contribution in [0.25, 0.3) is 22.6 Å². The van der Waals surface area contributed by atoms with Crippen molar-refractivity contribution in [2.45, 2.75) is 14.0 Å². The van der Waals surface area contributed by atoms with Crippen LogP contribution in [0.2, 0.25) is 5.02 Å². The molecule has 5 aromatic rings. The predicted octanol–water partition coefficient (Wildman–Crippen LogP) is 5.85. The first-order chi connectivity index (χ1) is 17.2. The summed E-state index contributed by atoms with van der Waals surface area (Å²) in [5.74, 6) is 0.589. The normalized spacial score (nSPS) is 12.0. The number of nitrogens with zero attached hydrogens (tertiary/aromatic N) is 6. The first kappa shape index (κ1) is 23.3. The first-order valence-electron chi connectivity index (χ1n) is 10.7. The second kappa shape index (κ2) is 9.63. The van der Waals surface area contributed by atoms with E-state index in [0.29, 0.717) is 40.3 Å². The Labute approximate surface area is 211 Å². The maximum Gasteiger partial charge on any atom is 0.227 e. The summed E-state index contributed by atoms with van der Waals surface area (Å²) in [6.45, 7) is 0.310. The van der Waals surface area contributed by atoms with Crippen LogP contribution in [-0.2, 0) is 6.54 Å². The van der Waals surface area contributed by atoms with Gasteiger partial charge in [0, 0.05) is 44.7 Å². The van der Waals surface area contributed by atoms with Crippen LogP contribution in [0.5, 0.6) is 0 Å². The first-order valence-corrected chi connectivity index (χ1v) is 11.1. The molecule has 178 valence electrons. The zero-order valence-corrected chi connectivity index (χ0v) is 18.8. The van der Waals surface area contributed by atoms with Crippen LogP contribution < -0.4 is 5.32 Å². The number of hydrogen-bond donors (Lipinski definition) is 2. The molecule has 1 aliphatic heterocycles. The molecule has 3 aromatic carbocycles. The van der Waals surface area contributed by atoms with Gasteiger partial charge in [0.25, 0.3) is 0 Å². The second-order valence-electron chi connectivity index (χ2n) is 7.84.